The van der Waals surface area contributed by atoms with Crippen LogP contribution in [-0.2, 0) is 7.05 Å². The smallest absolute Gasteiger partial charge is 0.160 e. The molecule has 0 aliphatic carbocycles. The molecule has 4 nitrogen and oxygen atoms in total. The number of rotatable bonds is 2. The molecule has 2 heterocycles. The van der Waals surface area contributed by atoms with E-state index in [9.17, 15) is 4.39 Å². The van der Waals surface area contributed by atoms with Crippen LogP contribution in [0.1, 0.15) is 5.56 Å². The number of hydrogen-bond acceptors (Lipinski definition) is 3. The third-order valence-corrected chi connectivity index (χ3v) is 4.70. The first-order valence-corrected chi connectivity index (χ1v) is 8.64. The fourth-order valence-corrected chi connectivity index (χ4v) is 3.30. The lowest BCUT2D eigenvalue weighted by atomic mass is 10.2. The fourth-order valence-electron chi connectivity index (χ4n) is 3.30. The zero-order valence-electron chi connectivity index (χ0n) is 14.6. The lowest BCUT2D eigenvalue weighted by molar-refractivity contribution is 0.628. The van der Waals surface area contributed by atoms with Gasteiger partial charge in [-0.05, 0) is 48.0 Å². The van der Waals surface area contributed by atoms with E-state index in [1.54, 1.807) is 18.3 Å². The van der Waals surface area contributed by atoms with Crippen molar-refractivity contribution >= 4 is 45.0 Å². The van der Waals surface area contributed by atoms with E-state index in [0.29, 0.717) is 0 Å². The Bertz CT molecular complexity index is 1330. The Morgan fingerprint density at radius 1 is 0.926 bits per heavy atom. The number of para-hydroxylation sites is 2. The van der Waals surface area contributed by atoms with Gasteiger partial charge in [0.2, 0.25) is 0 Å². The number of aliphatic imine (C=N–C) groups is 1. The molecule has 5 aromatic rings. The highest BCUT2D eigenvalue weighted by Crippen LogP contribution is 2.30. The van der Waals surface area contributed by atoms with E-state index >= 15 is 0 Å². The van der Waals surface area contributed by atoms with Gasteiger partial charge in [-0.1, -0.05) is 24.3 Å². The second-order valence-corrected chi connectivity index (χ2v) is 6.45. The number of benzene rings is 3. The summed E-state index contributed by atoms with van der Waals surface area (Å²) in [6.45, 7) is 0. The van der Waals surface area contributed by atoms with Crippen LogP contribution in [0.3, 0.4) is 0 Å². The Morgan fingerprint density at radius 2 is 1.67 bits per heavy atom. The summed E-state index contributed by atoms with van der Waals surface area (Å²) in [5.41, 5.74) is 6.19. The molecule has 0 saturated carbocycles. The van der Waals surface area contributed by atoms with Crippen LogP contribution >= 0.6 is 0 Å². The summed E-state index contributed by atoms with van der Waals surface area (Å²) in [5, 5.41) is 1.01. The van der Waals surface area contributed by atoms with Crippen molar-refractivity contribution in [3.63, 3.8) is 0 Å². The van der Waals surface area contributed by atoms with Gasteiger partial charge in [0, 0.05) is 18.6 Å². The molecular weight excluding hydrogens is 339 g/mol. The van der Waals surface area contributed by atoms with Crippen molar-refractivity contribution < 1.29 is 4.39 Å². The number of aryl methyl sites for hydroxylation is 1. The molecule has 27 heavy (non-hydrogen) atoms. The highest BCUT2D eigenvalue weighted by molar-refractivity contribution is 6.07. The molecule has 0 aliphatic heterocycles. The summed E-state index contributed by atoms with van der Waals surface area (Å²) in [4.78, 5) is 14.1. The number of hydrogen-bond donors (Lipinski definition) is 0. The Labute approximate surface area is 154 Å². The van der Waals surface area contributed by atoms with Crippen LogP contribution < -0.4 is 0 Å². The Kier molecular flexibility index (Phi) is 3.47. The average molecular weight is 354 g/mol. The molecule has 0 aliphatic rings. The first kappa shape index (κ1) is 15.6. The van der Waals surface area contributed by atoms with Crippen molar-refractivity contribution in [2.75, 3.05) is 0 Å². The first-order valence-electron chi connectivity index (χ1n) is 8.64. The number of nitrogens with zero attached hydrogens (tertiary/aromatic N) is 4. The van der Waals surface area contributed by atoms with Crippen LogP contribution in [0.4, 0.5) is 10.1 Å². The van der Waals surface area contributed by atoms with E-state index in [2.05, 4.69) is 9.56 Å². The van der Waals surface area contributed by atoms with Crippen LogP contribution in [0.5, 0.6) is 0 Å². The highest BCUT2D eigenvalue weighted by atomic mass is 19.1. The second kappa shape index (κ2) is 5.99. The summed E-state index contributed by atoms with van der Waals surface area (Å²) in [5.74, 6) is -0.255. The maximum Gasteiger partial charge on any atom is 0.160 e. The van der Waals surface area contributed by atoms with Gasteiger partial charge in [-0.2, -0.15) is 0 Å². The SMILES string of the molecule is Cn1c2ccc(N=Cc3ccc(F)cc3)cc2c2nc3ccccc3nc21. The van der Waals surface area contributed by atoms with Gasteiger partial charge in [0.1, 0.15) is 11.3 Å². The molecule has 0 spiro atoms. The molecule has 0 atom stereocenters. The summed E-state index contributed by atoms with van der Waals surface area (Å²) < 4.78 is 15.1. The van der Waals surface area contributed by atoms with Crippen LogP contribution in [0, 0.1) is 5.82 Å². The first-order chi connectivity index (χ1) is 13.2. The predicted molar refractivity (Wildman–Crippen MR) is 107 cm³/mol. The summed E-state index contributed by atoms with van der Waals surface area (Å²) in [6.07, 6.45) is 1.73. The van der Waals surface area contributed by atoms with Crippen LogP contribution in [0.25, 0.3) is 33.1 Å². The molecular formula is C22H15FN4. The normalized spacial score (nSPS) is 11.9. The van der Waals surface area contributed by atoms with Crippen LogP contribution in [0.15, 0.2) is 71.7 Å². The lowest BCUT2D eigenvalue weighted by Gasteiger charge is -1.98. The molecule has 0 bridgehead atoms. The highest BCUT2D eigenvalue weighted by Gasteiger charge is 2.12. The molecule has 0 amide bonds. The molecule has 0 unspecified atom stereocenters. The molecule has 5 rings (SSSR count). The van der Waals surface area contributed by atoms with Crippen molar-refractivity contribution in [1.82, 2.24) is 14.5 Å². The van der Waals surface area contributed by atoms with Crippen LogP contribution in [-0.4, -0.2) is 20.7 Å². The number of halogens is 1. The van der Waals surface area contributed by atoms with E-state index in [0.717, 1.165) is 44.4 Å². The number of fused-ring (bicyclic) bond motifs is 4. The van der Waals surface area contributed by atoms with Gasteiger partial charge in [0.25, 0.3) is 0 Å². The minimum absolute atomic E-state index is 0.255. The molecule has 2 aromatic heterocycles. The zero-order valence-corrected chi connectivity index (χ0v) is 14.6. The standard InChI is InChI=1S/C22H15FN4/c1-27-20-11-10-16(24-13-14-6-8-15(23)9-7-14)12-17(20)21-22(27)26-19-5-3-2-4-18(19)25-21/h2-13H,1H3. The number of aromatic nitrogens is 3. The third-order valence-electron chi connectivity index (χ3n) is 4.70. The largest absolute Gasteiger partial charge is 0.327 e. The van der Waals surface area contributed by atoms with Crippen molar-refractivity contribution in [2.24, 2.45) is 12.0 Å². The van der Waals surface area contributed by atoms with Crippen LogP contribution in [0.2, 0.25) is 0 Å². The molecule has 3 aromatic carbocycles. The van der Waals surface area contributed by atoms with E-state index < -0.39 is 0 Å². The van der Waals surface area contributed by atoms with E-state index in [4.69, 9.17) is 9.97 Å². The predicted octanol–water partition coefficient (Wildman–Crippen LogP) is 5.16. The van der Waals surface area contributed by atoms with Crippen molar-refractivity contribution in [3.8, 4) is 0 Å². The topological polar surface area (TPSA) is 43.1 Å². The quantitative estimate of drug-likeness (QED) is 0.411. The zero-order chi connectivity index (χ0) is 18.4. The Morgan fingerprint density at radius 3 is 2.44 bits per heavy atom. The maximum atomic E-state index is 13.0. The molecule has 5 heteroatoms. The fraction of sp³-hybridized carbons (Fsp3) is 0.0455. The van der Waals surface area contributed by atoms with E-state index in [-0.39, 0.29) is 5.82 Å². The Hall–Kier alpha value is -3.60. The van der Waals surface area contributed by atoms with Gasteiger partial charge < -0.3 is 4.57 Å². The monoisotopic (exact) mass is 354 g/mol. The minimum Gasteiger partial charge on any atom is -0.327 e. The second-order valence-electron chi connectivity index (χ2n) is 6.45. The molecule has 0 saturated heterocycles. The van der Waals surface area contributed by atoms with Gasteiger partial charge in [-0.25, -0.2) is 14.4 Å². The summed E-state index contributed by atoms with van der Waals surface area (Å²) in [7, 11) is 2.00. The Balaban J connectivity index is 1.66. The minimum atomic E-state index is -0.255. The van der Waals surface area contributed by atoms with E-state index in [1.807, 2.05) is 49.5 Å². The van der Waals surface area contributed by atoms with Gasteiger partial charge in [0.05, 0.1) is 22.2 Å². The van der Waals surface area contributed by atoms with Gasteiger partial charge >= 0.3 is 0 Å². The molecule has 130 valence electrons. The van der Waals surface area contributed by atoms with Gasteiger partial charge in [0.15, 0.2) is 5.65 Å². The lowest BCUT2D eigenvalue weighted by Crippen LogP contribution is -1.91. The van der Waals surface area contributed by atoms with Crippen molar-refractivity contribution in [3.05, 3.63) is 78.1 Å². The third kappa shape index (κ3) is 2.64. The summed E-state index contributed by atoms with van der Waals surface area (Å²) in [6, 6.07) is 20.1. The van der Waals surface area contributed by atoms with Crippen molar-refractivity contribution in [1.29, 1.82) is 0 Å². The molecule has 0 fully saturated rings. The van der Waals surface area contributed by atoms with E-state index in [1.165, 1.54) is 12.1 Å². The maximum absolute atomic E-state index is 13.0. The average Bonchev–Trinajstić information content (AvgIpc) is 2.97. The molecule has 0 radical (unpaired) electrons. The van der Waals surface area contributed by atoms with Crippen molar-refractivity contribution in [2.45, 2.75) is 0 Å². The molecule has 0 N–H and O–H groups in total. The summed E-state index contributed by atoms with van der Waals surface area (Å²) >= 11 is 0. The van der Waals surface area contributed by atoms with Gasteiger partial charge in [-0.15, -0.1) is 0 Å². The van der Waals surface area contributed by atoms with Gasteiger partial charge in [-0.3, -0.25) is 4.99 Å².